The topological polar surface area (TPSA) is 58.6 Å². The fraction of sp³-hybridized carbons (Fsp3) is 0.333. The molecule has 35 heavy (non-hydrogen) atoms. The van der Waals surface area contributed by atoms with Gasteiger partial charge in [-0.3, -0.25) is 9.59 Å². The van der Waals surface area contributed by atoms with Gasteiger partial charge < -0.3 is 15.0 Å². The molecular weight excluding hydrogens is 436 g/mol. The lowest BCUT2D eigenvalue weighted by atomic mass is 10.0. The van der Waals surface area contributed by atoms with Gasteiger partial charge in [-0.15, -0.1) is 0 Å². The molecule has 0 fully saturated rings. The smallest absolute Gasteiger partial charge is 0.243 e. The van der Waals surface area contributed by atoms with Crippen molar-refractivity contribution in [1.29, 1.82) is 0 Å². The van der Waals surface area contributed by atoms with Crippen molar-refractivity contribution in [3.63, 3.8) is 0 Å². The Morgan fingerprint density at radius 2 is 1.40 bits per heavy atom. The van der Waals surface area contributed by atoms with Crippen molar-refractivity contribution < 1.29 is 14.3 Å². The van der Waals surface area contributed by atoms with Gasteiger partial charge >= 0.3 is 0 Å². The van der Waals surface area contributed by atoms with Crippen molar-refractivity contribution in [2.75, 3.05) is 13.2 Å². The SMILES string of the molecule is CC(C)CNC(=O)[C@@H](Cc1ccccc1)N(Cc1ccccc1)C(=O)CCCOc1ccccc1. The number of hydrogen-bond donors (Lipinski definition) is 1. The number of carbonyl (C=O) groups is 2. The average molecular weight is 473 g/mol. The van der Waals surface area contributed by atoms with E-state index < -0.39 is 6.04 Å². The van der Waals surface area contributed by atoms with E-state index in [0.29, 0.717) is 44.9 Å². The van der Waals surface area contributed by atoms with Crippen molar-refractivity contribution in [2.45, 2.75) is 45.7 Å². The van der Waals surface area contributed by atoms with Crippen LogP contribution in [0.25, 0.3) is 0 Å². The summed E-state index contributed by atoms with van der Waals surface area (Å²) in [6, 6.07) is 28.7. The van der Waals surface area contributed by atoms with Crippen molar-refractivity contribution in [3.05, 3.63) is 102 Å². The lowest BCUT2D eigenvalue weighted by Gasteiger charge is -2.32. The highest BCUT2D eigenvalue weighted by Crippen LogP contribution is 2.17. The first-order chi connectivity index (χ1) is 17.0. The molecule has 1 atom stereocenters. The molecule has 3 aromatic rings. The zero-order valence-electron chi connectivity index (χ0n) is 20.7. The molecule has 3 rings (SSSR count). The zero-order valence-corrected chi connectivity index (χ0v) is 20.7. The molecule has 2 amide bonds. The highest BCUT2D eigenvalue weighted by molar-refractivity contribution is 5.88. The Morgan fingerprint density at radius 3 is 2.00 bits per heavy atom. The first-order valence-corrected chi connectivity index (χ1v) is 12.4. The molecule has 0 heterocycles. The molecular formula is C30H36N2O3. The summed E-state index contributed by atoms with van der Waals surface area (Å²) in [5.74, 6) is 0.944. The second kappa shape index (κ2) is 14.0. The van der Waals surface area contributed by atoms with Crippen molar-refractivity contribution in [2.24, 2.45) is 5.92 Å². The molecule has 0 bridgehead atoms. The number of hydrogen-bond acceptors (Lipinski definition) is 3. The molecule has 0 unspecified atom stereocenters. The molecule has 0 aliphatic rings. The van der Waals surface area contributed by atoms with Crippen LogP contribution in [-0.2, 0) is 22.6 Å². The number of nitrogens with one attached hydrogen (secondary N) is 1. The summed E-state index contributed by atoms with van der Waals surface area (Å²) in [5, 5.41) is 3.05. The van der Waals surface area contributed by atoms with Gasteiger partial charge in [0.15, 0.2) is 0 Å². The second-order valence-corrected chi connectivity index (χ2v) is 9.12. The third-order valence-electron chi connectivity index (χ3n) is 5.70. The fourth-order valence-electron chi connectivity index (χ4n) is 3.83. The Kier molecular flexibility index (Phi) is 10.4. The molecule has 0 aromatic heterocycles. The molecule has 0 aliphatic carbocycles. The van der Waals surface area contributed by atoms with Gasteiger partial charge in [0, 0.05) is 25.9 Å². The van der Waals surface area contributed by atoms with Crippen molar-refractivity contribution in [1.82, 2.24) is 10.2 Å². The molecule has 0 aliphatic heterocycles. The van der Waals surface area contributed by atoms with Gasteiger partial charge in [0.25, 0.3) is 0 Å². The summed E-state index contributed by atoms with van der Waals surface area (Å²) in [7, 11) is 0. The maximum atomic E-state index is 13.5. The van der Waals surface area contributed by atoms with Crippen LogP contribution >= 0.6 is 0 Å². The highest BCUT2D eigenvalue weighted by atomic mass is 16.5. The molecule has 184 valence electrons. The maximum absolute atomic E-state index is 13.5. The summed E-state index contributed by atoms with van der Waals surface area (Å²) < 4.78 is 5.77. The van der Waals surface area contributed by atoms with Crippen molar-refractivity contribution >= 4 is 11.8 Å². The van der Waals surface area contributed by atoms with E-state index in [9.17, 15) is 9.59 Å². The number of ether oxygens (including phenoxy) is 1. The van der Waals surface area contributed by atoms with E-state index in [1.54, 1.807) is 4.90 Å². The third-order valence-corrected chi connectivity index (χ3v) is 5.70. The van der Waals surface area contributed by atoms with E-state index in [-0.39, 0.29) is 11.8 Å². The fourth-order valence-corrected chi connectivity index (χ4v) is 3.83. The van der Waals surface area contributed by atoms with Crippen LogP contribution in [0.1, 0.15) is 37.8 Å². The van der Waals surface area contributed by atoms with Crippen LogP contribution in [0.5, 0.6) is 5.75 Å². The summed E-state index contributed by atoms with van der Waals surface area (Å²) in [4.78, 5) is 28.6. The highest BCUT2D eigenvalue weighted by Gasteiger charge is 2.30. The Hall–Kier alpha value is -3.60. The molecule has 0 saturated carbocycles. The van der Waals surface area contributed by atoms with E-state index in [1.165, 1.54) is 0 Å². The van der Waals surface area contributed by atoms with Gasteiger partial charge in [0.05, 0.1) is 6.61 Å². The van der Waals surface area contributed by atoms with E-state index in [2.05, 4.69) is 19.2 Å². The largest absolute Gasteiger partial charge is 0.494 e. The van der Waals surface area contributed by atoms with E-state index in [1.807, 2.05) is 91.0 Å². The average Bonchev–Trinajstić information content (AvgIpc) is 2.89. The summed E-state index contributed by atoms with van der Waals surface area (Å²) in [6.45, 7) is 5.52. The lowest BCUT2D eigenvalue weighted by molar-refractivity contribution is -0.141. The van der Waals surface area contributed by atoms with Crippen LogP contribution in [-0.4, -0.2) is 35.9 Å². The number of nitrogens with zero attached hydrogens (tertiary/aromatic N) is 1. The van der Waals surface area contributed by atoms with Crippen LogP contribution < -0.4 is 10.1 Å². The van der Waals surface area contributed by atoms with Gasteiger partial charge in [-0.1, -0.05) is 92.7 Å². The molecule has 3 aromatic carbocycles. The zero-order chi connectivity index (χ0) is 24.9. The minimum atomic E-state index is -0.598. The van der Waals surface area contributed by atoms with E-state index in [4.69, 9.17) is 4.74 Å². The summed E-state index contributed by atoms with van der Waals surface area (Å²) in [5.41, 5.74) is 2.02. The molecule has 0 radical (unpaired) electrons. The lowest BCUT2D eigenvalue weighted by Crippen LogP contribution is -2.51. The monoisotopic (exact) mass is 472 g/mol. The first kappa shape index (κ1) is 26.0. The van der Waals surface area contributed by atoms with Gasteiger partial charge in [-0.05, 0) is 35.6 Å². The molecule has 0 saturated heterocycles. The van der Waals surface area contributed by atoms with Crippen LogP contribution in [0.4, 0.5) is 0 Å². The number of rotatable bonds is 13. The number of para-hydroxylation sites is 1. The van der Waals surface area contributed by atoms with E-state index in [0.717, 1.165) is 16.9 Å². The summed E-state index contributed by atoms with van der Waals surface area (Å²) >= 11 is 0. The van der Waals surface area contributed by atoms with Gasteiger partial charge in [0.2, 0.25) is 11.8 Å². The number of amides is 2. The molecule has 5 nitrogen and oxygen atoms in total. The molecule has 0 spiro atoms. The number of carbonyl (C=O) groups excluding carboxylic acids is 2. The maximum Gasteiger partial charge on any atom is 0.243 e. The van der Waals surface area contributed by atoms with Gasteiger partial charge in [-0.2, -0.15) is 0 Å². The van der Waals surface area contributed by atoms with Gasteiger partial charge in [0.1, 0.15) is 11.8 Å². The molecule has 1 N–H and O–H groups in total. The Balaban J connectivity index is 1.76. The predicted octanol–water partition coefficient (Wildman–Crippen LogP) is 5.26. The third kappa shape index (κ3) is 8.93. The first-order valence-electron chi connectivity index (χ1n) is 12.4. The Labute approximate surface area is 209 Å². The van der Waals surface area contributed by atoms with Crippen LogP contribution in [0.3, 0.4) is 0 Å². The van der Waals surface area contributed by atoms with Crippen LogP contribution in [0.15, 0.2) is 91.0 Å². The van der Waals surface area contributed by atoms with Crippen LogP contribution in [0, 0.1) is 5.92 Å². The quantitative estimate of drug-likeness (QED) is 0.345. The second-order valence-electron chi connectivity index (χ2n) is 9.12. The number of benzene rings is 3. The minimum absolute atomic E-state index is 0.0499. The van der Waals surface area contributed by atoms with Gasteiger partial charge in [-0.25, -0.2) is 0 Å². The molecule has 5 heteroatoms. The standard InChI is InChI=1S/C30H36N2O3/c1-24(2)22-31-30(34)28(21-25-13-6-3-7-14-25)32(23-26-15-8-4-9-16-26)29(33)19-12-20-35-27-17-10-5-11-18-27/h3-11,13-18,24,28H,12,19-23H2,1-2H3,(H,31,34)/t28-/m1/s1. The Bertz CT molecular complexity index is 1020. The minimum Gasteiger partial charge on any atom is -0.494 e. The predicted molar refractivity (Wildman–Crippen MR) is 140 cm³/mol. The van der Waals surface area contributed by atoms with Crippen molar-refractivity contribution in [3.8, 4) is 5.75 Å². The van der Waals surface area contributed by atoms with Crippen LogP contribution in [0.2, 0.25) is 0 Å². The Morgan fingerprint density at radius 1 is 0.829 bits per heavy atom. The van der Waals surface area contributed by atoms with E-state index >= 15 is 0 Å². The summed E-state index contributed by atoms with van der Waals surface area (Å²) in [6.07, 6.45) is 1.34. The normalized spacial score (nSPS) is 11.6.